The summed E-state index contributed by atoms with van der Waals surface area (Å²) in [5.74, 6) is -1.71. The highest BCUT2D eigenvalue weighted by atomic mass is 16.6. The minimum absolute atomic E-state index is 0.0504. The molecule has 1 saturated heterocycles. The Balaban J connectivity index is 1.85. The fourth-order valence-electron chi connectivity index (χ4n) is 5.19. The number of rotatable bonds is 27. The number of nitrogens with two attached hydrogens (primary N) is 1. The quantitative estimate of drug-likeness (QED) is 0.0447. The van der Waals surface area contributed by atoms with Gasteiger partial charge >= 0.3 is 0 Å². The van der Waals surface area contributed by atoms with Gasteiger partial charge in [0.1, 0.15) is 24.4 Å². The largest absolute Gasteiger partial charge is 0.394 e. The number of nitrogens with one attached hydrogen (secondary N) is 5. The number of hydrogen-bond donors (Lipinski definition) is 10. The van der Waals surface area contributed by atoms with E-state index in [4.69, 9.17) is 10.5 Å². The molecule has 1 rings (SSSR count). The SMILES string of the molecule is NCC(=O)NCC(=O)NCC(=O)NCCNC(=O)CCCCCCCCCCCCCCCCC(=O)N[C@@H]1O[C@H](CO)[C@@H](O)[C@H](O)[C@H]1O. The molecular formula is C32H60N6O10. The number of ether oxygens (including phenoxy) is 1. The van der Waals surface area contributed by atoms with E-state index in [1.165, 1.54) is 38.5 Å². The van der Waals surface area contributed by atoms with E-state index in [-0.39, 0.29) is 44.4 Å². The molecule has 16 heteroatoms. The number of carbonyl (C=O) groups is 5. The lowest BCUT2D eigenvalue weighted by Crippen LogP contribution is -2.63. The molecular weight excluding hydrogens is 628 g/mol. The van der Waals surface area contributed by atoms with E-state index >= 15 is 0 Å². The van der Waals surface area contributed by atoms with E-state index in [9.17, 15) is 44.4 Å². The van der Waals surface area contributed by atoms with Crippen molar-refractivity contribution < 1.29 is 49.1 Å². The number of carbonyl (C=O) groups excluding carboxylic acids is 5. The molecule has 0 spiro atoms. The summed E-state index contributed by atoms with van der Waals surface area (Å²) in [7, 11) is 0. The lowest BCUT2D eigenvalue weighted by Gasteiger charge is -2.40. The molecule has 0 aromatic rings. The molecule has 0 saturated carbocycles. The van der Waals surface area contributed by atoms with Crippen LogP contribution >= 0.6 is 0 Å². The maximum atomic E-state index is 12.2. The van der Waals surface area contributed by atoms with Crippen LogP contribution in [-0.4, -0.2) is 120 Å². The second-order valence-electron chi connectivity index (χ2n) is 12.2. The van der Waals surface area contributed by atoms with E-state index in [1.54, 1.807) is 0 Å². The topological polar surface area (TPSA) is 262 Å². The Kier molecular flexibility index (Phi) is 24.3. The van der Waals surface area contributed by atoms with Crippen LogP contribution in [0.1, 0.15) is 103 Å². The van der Waals surface area contributed by atoms with Crippen LogP contribution in [0.15, 0.2) is 0 Å². The maximum Gasteiger partial charge on any atom is 0.239 e. The molecule has 5 amide bonds. The average molecular weight is 689 g/mol. The fourth-order valence-corrected chi connectivity index (χ4v) is 5.19. The van der Waals surface area contributed by atoms with Gasteiger partial charge in [-0.25, -0.2) is 0 Å². The monoisotopic (exact) mass is 688 g/mol. The molecule has 16 nitrogen and oxygen atoms in total. The highest BCUT2D eigenvalue weighted by molar-refractivity contribution is 5.88. The minimum atomic E-state index is -1.51. The molecule has 11 N–H and O–H groups in total. The Morgan fingerprint density at radius 2 is 0.938 bits per heavy atom. The number of hydrogen-bond acceptors (Lipinski definition) is 11. The van der Waals surface area contributed by atoms with Gasteiger partial charge in [-0.05, 0) is 12.8 Å². The van der Waals surface area contributed by atoms with E-state index in [0.29, 0.717) is 19.4 Å². The highest BCUT2D eigenvalue weighted by Crippen LogP contribution is 2.20. The van der Waals surface area contributed by atoms with Gasteiger partial charge in [-0.1, -0.05) is 77.0 Å². The second-order valence-corrected chi connectivity index (χ2v) is 12.2. The van der Waals surface area contributed by atoms with E-state index < -0.39 is 55.0 Å². The summed E-state index contributed by atoms with van der Waals surface area (Å²) < 4.78 is 5.30. The van der Waals surface area contributed by atoms with Gasteiger partial charge in [0.2, 0.25) is 29.5 Å². The zero-order valence-corrected chi connectivity index (χ0v) is 28.3. The number of amides is 5. The van der Waals surface area contributed by atoms with Crippen molar-refractivity contribution in [3.63, 3.8) is 0 Å². The Morgan fingerprint density at radius 3 is 1.42 bits per heavy atom. The van der Waals surface area contributed by atoms with Crippen molar-refractivity contribution in [2.45, 2.75) is 133 Å². The Hall–Kier alpha value is -2.89. The van der Waals surface area contributed by atoms with Crippen molar-refractivity contribution in [1.29, 1.82) is 0 Å². The van der Waals surface area contributed by atoms with Crippen LogP contribution in [0.5, 0.6) is 0 Å². The molecule has 1 aliphatic rings. The minimum Gasteiger partial charge on any atom is -0.394 e. The molecule has 1 heterocycles. The lowest BCUT2D eigenvalue weighted by molar-refractivity contribution is -0.236. The van der Waals surface area contributed by atoms with Crippen LogP contribution in [-0.2, 0) is 28.7 Å². The van der Waals surface area contributed by atoms with Crippen molar-refractivity contribution in [3.05, 3.63) is 0 Å². The molecule has 0 radical (unpaired) electrons. The van der Waals surface area contributed by atoms with Gasteiger partial charge in [0, 0.05) is 25.9 Å². The van der Waals surface area contributed by atoms with Crippen molar-refractivity contribution in [2.75, 3.05) is 39.3 Å². The van der Waals surface area contributed by atoms with Crippen LogP contribution in [0.2, 0.25) is 0 Å². The van der Waals surface area contributed by atoms with E-state index in [2.05, 4.69) is 26.6 Å². The molecule has 1 fully saturated rings. The fraction of sp³-hybridized carbons (Fsp3) is 0.844. The van der Waals surface area contributed by atoms with Crippen molar-refractivity contribution >= 4 is 29.5 Å². The first-order valence-electron chi connectivity index (χ1n) is 17.5. The Labute approximate surface area is 283 Å². The van der Waals surface area contributed by atoms with Crippen LogP contribution in [0.25, 0.3) is 0 Å². The van der Waals surface area contributed by atoms with Crippen molar-refractivity contribution in [1.82, 2.24) is 26.6 Å². The van der Waals surface area contributed by atoms with Crippen LogP contribution < -0.4 is 32.3 Å². The summed E-state index contributed by atoms with van der Waals surface area (Å²) in [6, 6.07) is 0. The maximum absolute atomic E-state index is 12.2. The first-order chi connectivity index (χ1) is 23.1. The first kappa shape index (κ1) is 43.1. The summed E-state index contributed by atoms with van der Waals surface area (Å²) >= 11 is 0. The standard InChI is InChI=1S/C32H60N6O10/c33-19-26(42)36-21-28(44)37-20-27(43)35-18-17-34-24(40)15-13-11-9-7-5-3-1-2-4-6-8-10-12-14-16-25(41)38-32-31(47)30(46)29(45)23(22-39)48-32/h23,29-32,39,45-47H,1-22,33H2,(H,34,40)(H,35,43)(H,36,42)(H,37,44)(H,38,41)/t23-,29-,30+,31-,32-/m1/s1. The van der Waals surface area contributed by atoms with Gasteiger partial charge in [-0.3, -0.25) is 24.0 Å². The van der Waals surface area contributed by atoms with Crippen molar-refractivity contribution in [2.24, 2.45) is 5.73 Å². The highest BCUT2D eigenvalue weighted by Gasteiger charge is 2.43. The Bertz CT molecular complexity index is 941. The van der Waals surface area contributed by atoms with Gasteiger partial charge in [0.15, 0.2) is 6.23 Å². The normalized spacial score (nSPS) is 20.5. The average Bonchev–Trinajstić information content (AvgIpc) is 3.08. The number of aliphatic hydroxyl groups is 4. The molecule has 0 bridgehead atoms. The summed E-state index contributed by atoms with van der Waals surface area (Å²) in [4.78, 5) is 58.4. The molecule has 0 unspecified atom stereocenters. The molecule has 0 aliphatic carbocycles. The molecule has 278 valence electrons. The smallest absolute Gasteiger partial charge is 0.239 e. The molecule has 0 aromatic carbocycles. The van der Waals surface area contributed by atoms with Gasteiger partial charge in [-0.2, -0.15) is 0 Å². The van der Waals surface area contributed by atoms with Crippen LogP contribution in [0.3, 0.4) is 0 Å². The summed E-state index contributed by atoms with van der Waals surface area (Å²) in [6.07, 6.45) is 9.18. The molecule has 0 aromatic heterocycles. The third-order valence-corrected chi connectivity index (χ3v) is 8.10. The lowest BCUT2D eigenvalue weighted by atomic mass is 9.98. The third kappa shape index (κ3) is 20.5. The van der Waals surface area contributed by atoms with Gasteiger partial charge in [0.25, 0.3) is 0 Å². The predicted octanol–water partition coefficient (Wildman–Crippen LogP) is -1.43. The van der Waals surface area contributed by atoms with E-state index in [0.717, 1.165) is 44.9 Å². The van der Waals surface area contributed by atoms with Gasteiger partial charge in [0.05, 0.1) is 26.2 Å². The third-order valence-electron chi connectivity index (χ3n) is 8.10. The Morgan fingerprint density at radius 1 is 0.521 bits per heavy atom. The predicted molar refractivity (Wildman–Crippen MR) is 177 cm³/mol. The zero-order valence-electron chi connectivity index (χ0n) is 28.3. The molecule has 1 aliphatic heterocycles. The molecule has 48 heavy (non-hydrogen) atoms. The van der Waals surface area contributed by atoms with Crippen LogP contribution in [0, 0.1) is 0 Å². The summed E-state index contributed by atoms with van der Waals surface area (Å²) in [6.45, 7) is -0.666. The zero-order chi connectivity index (χ0) is 35.6. The van der Waals surface area contributed by atoms with Crippen molar-refractivity contribution in [3.8, 4) is 0 Å². The molecule has 5 atom stereocenters. The summed E-state index contributed by atoms with van der Waals surface area (Å²) in [5.41, 5.74) is 5.12. The van der Waals surface area contributed by atoms with Gasteiger partial charge in [-0.15, -0.1) is 0 Å². The summed E-state index contributed by atoms with van der Waals surface area (Å²) in [5, 5.41) is 51.4. The number of aliphatic hydroxyl groups excluding tert-OH is 4. The first-order valence-corrected chi connectivity index (χ1v) is 17.5. The van der Waals surface area contributed by atoms with Crippen LogP contribution in [0.4, 0.5) is 0 Å². The number of unbranched alkanes of at least 4 members (excludes halogenated alkanes) is 13. The van der Waals surface area contributed by atoms with E-state index in [1.807, 2.05) is 0 Å². The van der Waals surface area contributed by atoms with Gasteiger partial charge < -0.3 is 57.5 Å². The second kappa shape index (κ2) is 27.0.